The third-order valence-corrected chi connectivity index (χ3v) is 2.60. The van der Waals surface area contributed by atoms with E-state index in [0.29, 0.717) is 12.1 Å². The van der Waals surface area contributed by atoms with Crippen LogP contribution in [0.15, 0.2) is 12.5 Å². The van der Waals surface area contributed by atoms with Gasteiger partial charge in [0.05, 0.1) is 37.5 Å². The molecule has 15 heavy (non-hydrogen) atoms. The van der Waals surface area contributed by atoms with Crippen LogP contribution in [0.3, 0.4) is 0 Å². The quantitative estimate of drug-likeness (QED) is 0.601. The van der Waals surface area contributed by atoms with Gasteiger partial charge in [0.15, 0.2) is 0 Å². The first-order chi connectivity index (χ1) is 7.26. The summed E-state index contributed by atoms with van der Waals surface area (Å²) in [6.45, 7) is -0.333. The van der Waals surface area contributed by atoms with E-state index in [-0.39, 0.29) is 19.4 Å². The zero-order valence-electron chi connectivity index (χ0n) is 8.15. The van der Waals surface area contributed by atoms with Gasteiger partial charge in [-0.05, 0) is 0 Å². The number of hydrogen-bond acceptors (Lipinski definition) is 5. The first-order valence-corrected chi connectivity index (χ1v) is 4.82. The number of aromatic nitrogens is 2. The molecule has 3 atom stereocenters. The van der Waals surface area contributed by atoms with Gasteiger partial charge in [0.2, 0.25) is 0 Å². The van der Waals surface area contributed by atoms with Crippen LogP contribution in [0.2, 0.25) is 0 Å². The highest BCUT2D eigenvalue weighted by molar-refractivity contribution is 4.99. The molecule has 1 aromatic rings. The van der Waals surface area contributed by atoms with Crippen LogP contribution in [0.1, 0.15) is 18.3 Å². The predicted octanol–water partition coefficient (Wildman–Crippen LogP) is -0.984. The van der Waals surface area contributed by atoms with Crippen LogP contribution in [0.4, 0.5) is 0 Å². The lowest BCUT2D eigenvalue weighted by atomic mass is 10.2. The molecular weight excluding hydrogens is 200 g/mol. The number of hydrogen-bond donors (Lipinski definition) is 3. The molecule has 84 valence electrons. The molecule has 6 heteroatoms. The fraction of sp³-hybridized carbons (Fsp3) is 0.667. The molecule has 0 aromatic carbocycles. The van der Waals surface area contributed by atoms with Crippen LogP contribution in [0.25, 0.3) is 0 Å². The maximum absolute atomic E-state index is 9.54. The van der Waals surface area contributed by atoms with Gasteiger partial charge in [-0.3, -0.25) is 0 Å². The summed E-state index contributed by atoms with van der Waals surface area (Å²) in [5.41, 5.74) is 0.630. The molecule has 3 N–H and O–H groups in total. The lowest BCUT2D eigenvalue weighted by molar-refractivity contribution is -0.0458. The molecule has 1 fully saturated rings. The smallest absolute Gasteiger partial charge is 0.138 e. The van der Waals surface area contributed by atoms with E-state index in [1.54, 1.807) is 17.1 Å². The van der Waals surface area contributed by atoms with Crippen molar-refractivity contribution < 1.29 is 20.1 Å². The maximum atomic E-state index is 9.54. The van der Waals surface area contributed by atoms with E-state index in [9.17, 15) is 5.11 Å². The Labute approximate surface area is 86.8 Å². The molecule has 2 rings (SSSR count). The molecule has 0 amide bonds. The number of ether oxygens (including phenoxy) is 1. The van der Waals surface area contributed by atoms with Gasteiger partial charge in [-0.1, -0.05) is 0 Å². The van der Waals surface area contributed by atoms with Crippen LogP contribution in [0.5, 0.6) is 0 Å². The second-order valence-corrected chi connectivity index (χ2v) is 3.57. The van der Waals surface area contributed by atoms with Gasteiger partial charge in [-0.15, -0.1) is 0 Å². The zero-order valence-corrected chi connectivity index (χ0v) is 8.15. The molecular formula is C9H14N2O4. The van der Waals surface area contributed by atoms with Crippen molar-refractivity contribution in [3.05, 3.63) is 18.2 Å². The highest BCUT2D eigenvalue weighted by atomic mass is 16.5. The standard InChI is InChI=1S/C9H14N2O4/c12-3-6-2-10-5-11(6)9-1-7(14)8(4-13)15-9/h2,5,7-9,12-14H,1,3-4H2/t7-,8+,9+/m0/s1. The van der Waals surface area contributed by atoms with Crippen molar-refractivity contribution in [1.82, 2.24) is 9.55 Å². The maximum Gasteiger partial charge on any atom is 0.138 e. The van der Waals surface area contributed by atoms with Crippen molar-refractivity contribution in [3.63, 3.8) is 0 Å². The van der Waals surface area contributed by atoms with Crippen molar-refractivity contribution in [3.8, 4) is 0 Å². The predicted molar refractivity (Wildman–Crippen MR) is 49.8 cm³/mol. The van der Waals surface area contributed by atoms with Gasteiger partial charge < -0.3 is 24.6 Å². The molecule has 1 aromatic heterocycles. The minimum absolute atomic E-state index is 0.125. The highest BCUT2D eigenvalue weighted by Gasteiger charge is 2.34. The third kappa shape index (κ3) is 1.89. The molecule has 0 saturated carbocycles. The van der Waals surface area contributed by atoms with Gasteiger partial charge in [0.25, 0.3) is 0 Å². The Kier molecular flexibility index (Phi) is 3.01. The van der Waals surface area contributed by atoms with Crippen molar-refractivity contribution in [1.29, 1.82) is 0 Å². The summed E-state index contributed by atoms with van der Waals surface area (Å²) in [4.78, 5) is 3.89. The monoisotopic (exact) mass is 214 g/mol. The molecule has 1 aliphatic rings. The van der Waals surface area contributed by atoms with Gasteiger partial charge in [0, 0.05) is 6.42 Å². The van der Waals surface area contributed by atoms with Crippen LogP contribution in [-0.2, 0) is 11.3 Å². The van der Waals surface area contributed by atoms with Gasteiger partial charge in [-0.2, -0.15) is 0 Å². The summed E-state index contributed by atoms with van der Waals surface area (Å²) in [5, 5.41) is 27.5. The molecule has 0 spiro atoms. The van der Waals surface area contributed by atoms with Gasteiger partial charge in [-0.25, -0.2) is 4.98 Å². The Balaban J connectivity index is 2.13. The molecule has 0 unspecified atom stereocenters. The Bertz CT molecular complexity index is 328. The summed E-state index contributed by atoms with van der Waals surface area (Å²) in [7, 11) is 0. The number of rotatable bonds is 3. The number of imidazole rings is 1. The first-order valence-electron chi connectivity index (χ1n) is 4.82. The van der Waals surface area contributed by atoms with Crippen molar-refractivity contribution in [2.24, 2.45) is 0 Å². The normalized spacial score (nSPS) is 31.0. The summed E-state index contributed by atoms with van der Waals surface area (Å²) >= 11 is 0. The molecule has 0 aliphatic carbocycles. The molecule has 1 saturated heterocycles. The second-order valence-electron chi connectivity index (χ2n) is 3.57. The van der Waals surface area contributed by atoms with E-state index < -0.39 is 12.2 Å². The van der Waals surface area contributed by atoms with E-state index in [1.165, 1.54) is 0 Å². The Morgan fingerprint density at radius 1 is 1.53 bits per heavy atom. The molecule has 1 aliphatic heterocycles. The van der Waals surface area contributed by atoms with Crippen molar-refractivity contribution in [2.45, 2.75) is 31.5 Å². The summed E-state index contributed by atoms with van der Waals surface area (Å²) in [6.07, 6.45) is 1.90. The van der Waals surface area contributed by atoms with Gasteiger partial charge >= 0.3 is 0 Å². The molecule has 0 radical (unpaired) electrons. The fourth-order valence-electron chi connectivity index (χ4n) is 1.76. The van der Waals surface area contributed by atoms with Crippen LogP contribution in [0, 0.1) is 0 Å². The van der Waals surface area contributed by atoms with E-state index in [2.05, 4.69) is 4.98 Å². The van der Waals surface area contributed by atoms with E-state index in [4.69, 9.17) is 14.9 Å². The third-order valence-electron chi connectivity index (χ3n) is 2.60. The van der Waals surface area contributed by atoms with Crippen LogP contribution < -0.4 is 0 Å². The average molecular weight is 214 g/mol. The largest absolute Gasteiger partial charge is 0.394 e. The SMILES string of the molecule is OCc1cncn1[C@H]1C[C@H](O)[C@@H](CO)O1. The van der Waals surface area contributed by atoms with E-state index >= 15 is 0 Å². The number of aliphatic hydroxyl groups is 3. The van der Waals surface area contributed by atoms with E-state index in [1.807, 2.05) is 0 Å². The van der Waals surface area contributed by atoms with Crippen molar-refractivity contribution in [2.75, 3.05) is 6.61 Å². The first kappa shape index (κ1) is 10.6. The summed E-state index contributed by atoms with van der Waals surface area (Å²) in [5.74, 6) is 0. The summed E-state index contributed by atoms with van der Waals surface area (Å²) < 4.78 is 7.09. The number of nitrogens with zero attached hydrogens (tertiary/aromatic N) is 2. The molecule has 2 heterocycles. The molecule has 6 nitrogen and oxygen atoms in total. The van der Waals surface area contributed by atoms with Gasteiger partial charge in [0.1, 0.15) is 12.3 Å². The Hall–Kier alpha value is -0.950. The number of aliphatic hydroxyl groups excluding tert-OH is 3. The van der Waals surface area contributed by atoms with Crippen LogP contribution >= 0.6 is 0 Å². The lowest BCUT2D eigenvalue weighted by Gasteiger charge is -2.15. The Morgan fingerprint density at radius 3 is 2.93 bits per heavy atom. The minimum atomic E-state index is -0.672. The average Bonchev–Trinajstić information content (AvgIpc) is 2.82. The minimum Gasteiger partial charge on any atom is -0.394 e. The fourth-order valence-corrected chi connectivity index (χ4v) is 1.76. The zero-order chi connectivity index (χ0) is 10.8. The lowest BCUT2D eigenvalue weighted by Crippen LogP contribution is -2.24. The Morgan fingerprint density at radius 2 is 2.33 bits per heavy atom. The van der Waals surface area contributed by atoms with E-state index in [0.717, 1.165) is 0 Å². The van der Waals surface area contributed by atoms with Crippen LogP contribution in [-0.4, -0.2) is 43.7 Å². The molecule has 0 bridgehead atoms. The highest BCUT2D eigenvalue weighted by Crippen LogP contribution is 2.29. The van der Waals surface area contributed by atoms with Crippen molar-refractivity contribution >= 4 is 0 Å². The summed E-state index contributed by atoms with van der Waals surface area (Å²) in [6, 6.07) is 0. The topological polar surface area (TPSA) is 87.7 Å². The second kappa shape index (κ2) is 4.28.